The number of methoxy groups -OCH3 is 1. The highest BCUT2D eigenvalue weighted by Gasteiger charge is 2.17. The number of nitrogens with two attached hydrogens (primary N) is 1. The van der Waals surface area contributed by atoms with Crippen LogP contribution in [0.25, 0.3) is 0 Å². The molecular weight excluding hydrogens is 150 g/mol. The lowest BCUT2D eigenvalue weighted by Crippen LogP contribution is -2.26. The molecule has 0 amide bonds. The Bertz CT molecular complexity index is 108. The van der Waals surface area contributed by atoms with Crippen LogP contribution in [0.4, 0.5) is 0 Å². The fraction of sp³-hybridized carbons (Fsp3) is 1.00. The summed E-state index contributed by atoms with van der Waals surface area (Å²) in [4.78, 5) is 0. The van der Waals surface area contributed by atoms with Crippen molar-refractivity contribution in [1.82, 2.24) is 0 Å². The molecular formula is C10H21NO. The van der Waals surface area contributed by atoms with Crippen molar-refractivity contribution in [1.29, 1.82) is 0 Å². The highest BCUT2D eigenvalue weighted by molar-refractivity contribution is 4.73. The molecule has 1 saturated carbocycles. The van der Waals surface area contributed by atoms with Crippen LogP contribution in [-0.4, -0.2) is 19.8 Å². The van der Waals surface area contributed by atoms with Crippen LogP contribution < -0.4 is 5.73 Å². The van der Waals surface area contributed by atoms with Crippen LogP contribution in [-0.2, 0) is 4.74 Å². The Morgan fingerprint density at radius 1 is 1.25 bits per heavy atom. The van der Waals surface area contributed by atoms with E-state index in [0.29, 0.717) is 6.04 Å². The second-order valence-electron chi connectivity index (χ2n) is 3.92. The van der Waals surface area contributed by atoms with Gasteiger partial charge in [0.25, 0.3) is 0 Å². The molecule has 0 aromatic heterocycles. The first kappa shape index (κ1) is 10.0. The predicted molar refractivity (Wildman–Crippen MR) is 51.0 cm³/mol. The smallest absolute Gasteiger partial charge is 0.0462 e. The van der Waals surface area contributed by atoms with Crippen LogP contribution in [0.3, 0.4) is 0 Å². The normalized spacial score (nSPS) is 30.5. The van der Waals surface area contributed by atoms with Gasteiger partial charge in [-0.2, -0.15) is 0 Å². The zero-order valence-corrected chi connectivity index (χ0v) is 8.09. The molecule has 0 bridgehead atoms. The molecule has 0 heterocycles. The molecule has 2 heteroatoms. The van der Waals surface area contributed by atoms with Crippen LogP contribution in [0.2, 0.25) is 0 Å². The van der Waals surface area contributed by atoms with Gasteiger partial charge in [-0.25, -0.2) is 0 Å². The van der Waals surface area contributed by atoms with Crippen molar-refractivity contribution in [2.75, 3.05) is 13.7 Å². The molecule has 0 radical (unpaired) electrons. The standard InChI is InChI=1S/C10H21NO/c1-12-8-2-3-9-4-6-10(11)7-5-9/h9-10H,2-8,11H2,1H3. The molecule has 2 N–H and O–H groups in total. The van der Waals surface area contributed by atoms with E-state index in [9.17, 15) is 0 Å². The minimum Gasteiger partial charge on any atom is -0.385 e. The maximum atomic E-state index is 5.83. The lowest BCUT2D eigenvalue weighted by molar-refractivity contribution is 0.180. The Kier molecular flexibility index (Phi) is 4.62. The fourth-order valence-corrected chi connectivity index (χ4v) is 1.99. The summed E-state index contributed by atoms with van der Waals surface area (Å²) in [5, 5.41) is 0. The molecule has 2 nitrogen and oxygen atoms in total. The van der Waals surface area contributed by atoms with Gasteiger partial charge in [0.2, 0.25) is 0 Å². The van der Waals surface area contributed by atoms with Crippen molar-refractivity contribution in [3.63, 3.8) is 0 Å². The van der Waals surface area contributed by atoms with E-state index in [1.54, 1.807) is 7.11 Å². The van der Waals surface area contributed by atoms with Crippen LogP contribution in [0.5, 0.6) is 0 Å². The zero-order valence-electron chi connectivity index (χ0n) is 8.09. The first-order chi connectivity index (χ1) is 5.83. The van der Waals surface area contributed by atoms with E-state index in [2.05, 4.69) is 0 Å². The summed E-state index contributed by atoms with van der Waals surface area (Å²) in [5.74, 6) is 0.931. The van der Waals surface area contributed by atoms with Gasteiger partial charge in [0.15, 0.2) is 0 Å². The van der Waals surface area contributed by atoms with Gasteiger partial charge in [0.05, 0.1) is 0 Å². The Balaban J connectivity index is 2.01. The largest absolute Gasteiger partial charge is 0.385 e. The summed E-state index contributed by atoms with van der Waals surface area (Å²) in [6.45, 7) is 0.919. The predicted octanol–water partition coefficient (Wildman–Crippen LogP) is 1.93. The second kappa shape index (κ2) is 5.55. The van der Waals surface area contributed by atoms with Crippen molar-refractivity contribution in [2.24, 2.45) is 11.7 Å². The first-order valence-corrected chi connectivity index (χ1v) is 5.07. The minimum absolute atomic E-state index is 0.490. The molecule has 1 aliphatic rings. The minimum atomic E-state index is 0.490. The topological polar surface area (TPSA) is 35.2 Å². The van der Waals surface area contributed by atoms with Crippen LogP contribution in [0.1, 0.15) is 38.5 Å². The Morgan fingerprint density at radius 3 is 2.50 bits per heavy atom. The molecule has 0 unspecified atom stereocenters. The van der Waals surface area contributed by atoms with Crippen molar-refractivity contribution in [2.45, 2.75) is 44.6 Å². The summed E-state index contributed by atoms with van der Waals surface area (Å²) in [6.07, 6.45) is 7.70. The van der Waals surface area contributed by atoms with Crippen molar-refractivity contribution in [3.05, 3.63) is 0 Å². The van der Waals surface area contributed by atoms with Gasteiger partial charge in [-0.3, -0.25) is 0 Å². The molecule has 1 fully saturated rings. The van der Waals surface area contributed by atoms with E-state index in [1.807, 2.05) is 0 Å². The number of hydrogen-bond donors (Lipinski definition) is 1. The quantitative estimate of drug-likeness (QED) is 0.656. The van der Waals surface area contributed by atoms with E-state index in [0.717, 1.165) is 12.5 Å². The van der Waals surface area contributed by atoms with Gasteiger partial charge in [-0.15, -0.1) is 0 Å². The maximum absolute atomic E-state index is 5.83. The Labute approximate surface area is 75.5 Å². The number of rotatable bonds is 4. The summed E-state index contributed by atoms with van der Waals surface area (Å²) < 4.78 is 5.03. The highest BCUT2D eigenvalue weighted by Crippen LogP contribution is 2.26. The molecule has 0 spiro atoms. The molecule has 12 heavy (non-hydrogen) atoms. The Morgan fingerprint density at radius 2 is 1.92 bits per heavy atom. The van der Waals surface area contributed by atoms with Gasteiger partial charge < -0.3 is 10.5 Å². The SMILES string of the molecule is COCCCC1CCC(N)CC1. The van der Waals surface area contributed by atoms with Crippen molar-refractivity contribution >= 4 is 0 Å². The first-order valence-electron chi connectivity index (χ1n) is 5.07. The lowest BCUT2D eigenvalue weighted by atomic mass is 9.84. The average Bonchev–Trinajstić information content (AvgIpc) is 2.09. The summed E-state index contributed by atoms with van der Waals surface area (Å²) in [7, 11) is 1.77. The maximum Gasteiger partial charge on any atom is 0.0462 e. The fourth-order valence-electron chi connectivity index (χ4n) is 1.99. The van der Waals surface area contributed by atoms with Gasteiger partial charge >= 0.3 is 0 Å². The molecule has 0 atom stereocenters. The van der Waals surface area contributed by atoms with Crippen LogP contribution in [0.15, 0.2) is 0 Å². The van der Waals surface area contributed by atoms with Gasteiger partial charge in [-0.05, 0) is 44.4 Å². The van der Waals surface area contributed by atoms with Crippen molar-refractivity contribution in [3.8, 4) is 0 Å². The van der Waals surface area contributed by atoms with Gasteiger partial charge in [0, 0.05) is 19.8 Å². The molecule has 72 valence electrons. The molecule has 1 rings (SSSR count). The zero-order chi connectivity index (χ0) is 8.81. The third-order valence-electron chi connectivity index (χ3n) is 2.85. The summed E-state index contributed by atoms with van der Waals surface area (Å²) in [6, 6.07) is 0.490. The third-order valence-corrected chi connectivity index (χ3v) is 2.85. The molecule has 0 aliphatic heterocycles. The summed E-state index contributed by atoms with van der Waals surface area (Å²) in [5.41, 5.74) is 5.83. The summed E-state index contributed by atoms with van der Waals surface area (Å²) >= 11 is 0. The number of ether oxygens (including phenoxy) is 1. The molecule has 1 aliphatic carbocycles. The van der Waals surface area contributed by atoms with E-state index in [4.69, 9.17) is 10.5 Å². The molecule has 0 aromatic carbocycles. The Hall–Kier alpha value is -0.0800. The van der Waals surface area contributed by atoms with Gasteiger partial charge in [-0.1, -0.05) is 0 Å². The molecule has 0 aromatic rings. The van der Waals surface area contributed by atoms with E-state index < -0.39 is 0 Å². The van der Waals surface area contributed by atoms with Crippen molar-refractivity contribution < 1.29 is 4.74 Å². The van der Waals surface area contributed by atoms with E-state index in [1.165, 1.54) is 38.5 Å². The van der Waals surface area contributed by atoms with E-state index >= 15 is 0 Å². The third kappa shape index (κ3) is 3.55. The highest BCUT2D eigenvalue weighted by atomic mass is 16.5. The average molecular weight is 171 g/mol. The monoisotopic (exact) mass is 171 g/mol. The lowest BCUT2D eigenvalue weighted by Gasteiger charge is -2.25. The van der Waals surface area contributed by atoms with Gasteiger partial charge in [0.1, 0.15) is 0 Å². The molecule has 0 saturated heterocycles. The van der Waals surface area contributed by atoms with E-state index in [-0.39, 0.29) is 0 Å². The van der Waals surface area contributed by atoms with Crippen LogP contribution >= 0.6 is 0 Å². The second-order valence-corrected chi connectivity index (χ2v) is 3.92. The van der Waals surface area contributed by atoms with Crippen LogP contribution in [0, 0.1) is 5.92 Å². The number of hydrogen-bond acceptors (Lipinski definition) is 2.